The number of hydrogen-bond donors (Lipinski definition) is 1. The number of thiophene rings is 1. The van der Waals surface area contributed by atoms with Crippen LogP contribution in [0, 0.1) is 0 Å². The Labute approximate surface area is 124 Å². The third-order valence-corrected chi connectivity index (χ3v) is 5.27. The first-order valence-electron chi connectivity index (χ1n) is 7.89. The normalized spacial score (nSPS) is 14.4. The molecule has 2 heterocycles. The minimum Gasteiger partial charge on any atom is -0.369 e. The molecule has 0 radical (unpaired) electrons. The molecule has 20 heavy (non-hydrogen) atoms. The summed E-state index contributed by atoms with van der Waals surface area (Å²) in [6, 6.07) is 0. The molecule has 0 amide bonds. The first-order chi connectivity index (χ1) is 9.90. The Bertz CT molecular complexity index is 576. The smallest absolute Gasteiger partial charge is 0.138 e. The van der Waals surface area contributed by atoms with Crippen molar-refractivity contribution in [1.29, 1.82) is 0 Å². The van der Waals surface area contributed by atoms with Crippen molar-refractivity contribution in [2.45, 2.75) is 58.3 Å². The van der Waals surface area contributed by atoms with Gasteiger partial charge in [-0.2, -0.15) is 0 Å². The zero-order chi connectivity index (χ0) is 13.8. The predicted molar refractivity (Wildman–Crippen MR) is 86.7 cm³/mol. The van der Waals surface area contributed by atoms with Gasteiger partial charge in [0.05, 0.1) is 5.39 Å². The van der Waals surface area contributed by atoms with Crippen LogP contribution >= 0.6 is 11.3 Å². The first-order valence-corrected chi connectivity index (χ1v) is 8.71. The van der Waals surface area contributed by atoms with Gasteiger partial charge in [0.15, 0.2) is 0 Å². The van der Waals surface area contributed by atoms with Crippen LogP contribution in [0.3, 0.4) is 0 Å². The summed E-state index contributed by atoms with van der Waals surface area (Å²) >= 11 is 1.87. The second kappa shape index (κ2) is 6.53. The molecule has 0 saturated carbocycles. The molecule has 0 atom stereocenters. The van der Waals surface area contributed by atoms with Crippen LogP contribution in [-0.4, -0.2) is 16.5 Å². The molecule has 0 aromatic carbocycles. The zero-order valence-electron chi connectivity index (χ0n) is 12.2. The molecule has 0 saturated heterocycles. The van der Waals surface area contributed by atoms with Crippen molar-refractivity contribution in [3.63, 3.8) is 0 Å². The molecule has 0 aliphatic heterocycles. The van der Waals surface area contributed by atoms with Gasteiger partial charge in [-0.15, -0.1) is 11.3 Å². The van der Waals surface area contributed by atoms with Crippen molar-refractivity contribution >= 4 is 27.4 Å². The topological polar surface area (TPSA) is 37.8 Å². The lowest BCUT2D eigenvalue weighted by molar-refractivity contribution is 0.684. The van der Waals surface area contributed by atoms with Gasteiger partial charge < -0.3 is 5.32 Å². The maximum atomic E-state index is 4.49. The summed E-state index contributed by atoms with van der Waals surface area (Å²) in [5, 5.41) is 4.85. The van der Waals surface area contributed by atoms with Crippen molar-refractivity contribution in [3.05, 3.63) is 16.8 Å². The summed E-state index contributed by atoms with van der Waals surface area (Å²) < 4.78 is 0. The highest BCUT2D eigenvalue weighted by molar-refractivity contribution is 7.19. The summed E-state index contributed by atoms with van der Waals surface area (Å²) in [6.45, 7) is 3.27. The third-order valence-electron chi connectivity index (χ3n) is 4.07. The van der Waals surface area contributed by atoms with Crippen LogP contribution < -0.4 is 5.32 Å². The van der Waals surface area contributed by atoms with Crippen molar-refractivity contribution in [1.82, 2.24) is 9.97 Å². The number of hydrogen-bond acceptors (Lipinski definition) is 4. The summed E-state index contributed by atoms with van der Waals surface area (Å²) in [5.74, 6) is 1.06. The van der Waals surface area contributed by atoms with Gasteiger partial charge in [0, 0.05) is 11.4 Å². The molecule has 3 rings (SSSR count). The van der Waals surface area contributed by atoms with Crippen molar-refractivity contribution in [2.24, 2.45) is 0 Å². The van der Waals surface area contributed by atoms with E-state index in [4.69, 9.17) is 0 Å². The quantitative estimate of drug-likeness (QED) is 0.792. The van der Waals surface area contributed by atoms with Crippen LogP contribution in [0.25, 0.3) is 10.2 Å². The Morgan fingerprint density at radius 3 is 2.95 bits per heavy atom. The fraction of sp³-hybridized carbons (Fsp3) is 0.625. The monoisotopic (exact) mass is 289 g/mol. The fourth-order valence-corrected chi connectivity index (χ4v) is 4.21. The summed E-state index contributed by atoms with van der Waals surface area (Å²) in [6.07, 6.45) is 11.9. The van der Waals surface area contributed by atoms with Crippen molar-refractivity contribution in [3.8, 4) is 0 Å². The van der Waals surface area contributed by atoms with E-state index >= 15 is 0 Å². The van der Waals surface area contributed by atoms with Gasteiger partial charge in [0.2, 0.25) is 0 Å². The van der Waals surface area contributed by atoms with E-state index in [9.17, 15) is 0 Å². The molecule has 0 bridgehead atoms. The lowest BCUT2D eigenvalue weighted by Gasteiger charge is -2.12. The highest BCUT2D eigenvalue weighted by Crippen LogP contribution is 2.38. The molecule has 2 aromatic heterocycles. The Morgan fingerprint density at radius 1 is 1.15 bits per heavy atom. The Kier molecular flexibility index (Phi) is 4.51. The van der Waals surface area contributed by atoms with Gasteiger partial charge >= 0.3 is 0 Å². The number of unbranched alkanes of at least 4 members (excludes halogenated alkanes) is 3. The number of aryl methyl sites for hydroxylation is 2. The number of nitrogens with one attached hydrogen (secondary N) is 1. The third kappa shape index (κ3) is 2.80. The van der Waals surface area contributed by atoms with Gasteiger partial charge in [0.25, 0.3) is 0 Å². The minimum atomic E-state index is 1.02. The molecule has 2 aromatic rings. The van der Waals surface area contributed by atoms with E-state index in [1.807, 2.05) is 11.3 Å². The maximum absolute atomic E-state index is 4.49. The standard InChI is InChI=1S/C16H23N3S/c1-2-3-4-7-10-17-15-14-12-8-5-6-9-13(12)20-16(14)19-11-18-15/h11H,2-10H2,1H3,(H,17,18,19). The molecule has 1 N–H and O–H groups in total. The lowest BCUT2D eigenvalue weighted by Crippen LogP contribution is -2.05. The number of fused-ring (bicyclic) bond motifs is 3. The average molecular weight is 289 g/mol. The van der Waals surface area contributed by atoms with Crippen LogP contribution in [-0.2, 0) is 12.8 Å². The molecule has 0 unspecified atom stereocenters. The largest absolute Gasteiger partial charge is 0.369 e. The van der Waals surface area contributed by atoms with E-state index in [-0.39, 0.29) is 0 Å². The zero-order valence-corrected chi connectivity index (χ0v) is 13.1. The fourth-order valence-electron chi connectivity index (χ4n) is 2.98. The lowest BCUT2D eigenvalue weighted by atomic mass is 9.97. The van der Waals surface area contributed by atoms with E-state index in [1.165, 1.54) is 67.1 Å². The molecule has 3 nitrogen and oxygen atoms in total. The molecule has 0 spiro atoms. The van der Waals surface area contributed by atoms with E-state index in [2.05, 4.69) is 22.2 Å². The second-order valence-electron chi connectivity index (χ2n) is 5.60. The van der Waals surface area contributed by atoms with Crippen LogP contribution in [0.5, 0.6) is 0 Å². The predicted octanol–water partition coefficient (Wildman–Crippen LogP) is 4.56. The Hall–Kier alpha value is -1.16. The van der Waals surface area contributed by atoms with Crippen LogP contribution in [0.2, 0.25) is 0 Å². The van der Waals surface area contributed by atoms with Gasteiger partial charge in [-0.1, -0.05) is 26.2 Å². The molecule has 1 aliphatic carbocycles. The van der Waals surface area contributed by atoms with E-state index in [1.54, 1.807) is 11.2 Å². The SMILES string of the molecule is CCCCCCNc1ncnc2sc3c(c12)CCCC3. The van der Waals surface area contributed by atoms with Crippen LogP contribution in [0.1, 0.15) is 55.9 Å². The van der Waals surface area contributed by atoms with E-state index in [0.717, 1.165) is 12.4 Å². The molecule has 4 heteroatoms. The molecule has 108 valence electrons. The average Bonchev–Trinajstić information content (AvgIpc) is 2.86. The number of rotatable bonds is 6. The van der Waals surface area contributed by atoms with Crippen LogP contribution in [0.15, 0.2) is 6.33 Å². The molecular weight excluding hydrogens is 266 g/mol. The first kappa shape index (κ1) is 13.8. The van der Waals surface area contributed by atoms with Gasteiger partial charge in [-0.05, 0) is 37.7 Å². The second-order valence-corrected chi connectivity index (χ2v) is 6.68. The number of anilines is 1. The molecule has 0 fully saturated rings. The molecular formula is C16H23N3S. The summed E-state index contributed by atoms with van der Waals surface area (Å²) in [4.78, 5) is 11.7. The van der Waals surface area contributed by atoms with Crippen molar-refractivity contribution < 1.29 is 0 Å². The van der Waals surface area contributed by atoms with Crippen molar-refractivity contribution in [2.75, 3.05) is 11.9 Å². The van der Waals surface area contributed by atoms with E-state index in [0.29, 0.717) is 0 Å². The Morgan fingerprint density at radius 2 is 2.05 bits per heavy atom. The number of aromatic nitrogens is 2. The van der Waals surface area contributed by atoms with Gasteiger partial charge in [0.1, 0.15) is 17.0 Å². The van der Waals surface area contributed by atoms with Gasteiger partial charge in [-0.3, -0.25) is 0 Å². The van der Waals surface area contributed by atoms with Gasteiger partial charge in [-0.25, -0.2) is 9.97 Å². The number of nitrogens with zero attached hydrogens (tertiary/aromatic N) is 2. The summed E-state index contributed by atoms with van der Waals surface area (Å²) in [7, 11) is 0. The molecule has 1 aliphatic rings. The summed E-state index contributed by atoms with van der Waals surface area (Å²) in [5.41, 5.74) is 1.52. The maximum Gasteiger partial charge on any atom is 0.138 e. The minimum absolute atomic E-state index is 1.02. The highest BCUT2D eigenvalue weighted by Gasteiger charge is 2.19. The van der Waals surface area contributed by atoms with Crippen LogP contribution in [0.4, 0.5) is 5.82 Å². The Balaban J connectivity index is 1.78. The highest BCUT2D eigenvalue weighted by atomic mass is 32.1. The van der Waals surface area contributed by atoms with E-state index < -0.39 is 0 Å².